The molecule has 0 radical (unpaired) electrons. The van der Waals surface area contributed by atoms with Gasteiger partial charge >= 0.3 is 5.63 Å². The monoisotopic (exact) mass is 561 g/mol. The van der Waals surface area contributed by atoms with Crippen molar-refractivity contribution < 1.29 is 13.9 Å². The molecule has 166 valence electrons. The van der Waals surface area contributed by atoms with Crippen molar-refractivity contribution in [1.29, 1.82) is 0 Å². The molecule has 2 heterocycles. The zero-order valence-corrected chi connectivity index (χ0v) is 20.3. The Kier molecular flexibility index (Phi) is 7.26. The Balaban J connectivity index is 1.78. The van der Waals surface area contributed by atoms with Gasteiger partial charge < -0.3 is 19.6 Å². The van der Waals surface area contributed by atoms with Crippen molar-refractivity contribution in [2.75, 3.05) is 29.6 Å². The Morgan fingerprint density at radius 2 is 1.66 bits per heavy atom. The molecule has 9 heteroatoms. The van der Waals surface area contributed by atoms with E-state index in [1.807, 2.05) is 36.4 Å². The van der Waals surface area contributed by atoms with E-state index in [-0.39, 0.29) is 11.2 Å². The van der Waals surface area contributed by atoms with Gasteiger partial charge in [0, 0.05) is 27.7 Å². The summed E-state index contributed by atoms with van der Waals surface area (Å²) >= 11 is 6.77. The highest BCUT2D eigenvalue weighted by atomic mass is 79.9. The molecule has 32 heavy (non-hydrogen) atoms. The molecule has 0 aliphatic rings. The van der Waals surface area contributed by atoms with Crippen LogP contribution < -0.4 is 20.8 Å². The molecule has 2 aromatic carbocycles. The summed E-state index contributed by atoms with van der Waals surface area (Å²) in [6, 6.07) is 12.8. The lowest BCUT2D eigenvalue weighted by atomic mass is 10.1. The van der Waals surface area contributed by atoms with E-state index in [2.05, 4.69) is 41.8 Å². The first-order valence-corrected chi connectivity index (χ1v) is 12.4. The van der Waals surface area contributed by atoms with Gasteiger partial charge in [-0.2, -0.15) is 0 Å². The standard InChI is InChI=1S/C23H21Br2N3O4/c24-8-2-10-30-15-5-1-4-14(12-15)22-27-20-17-7-6-16(31-11-3-9-25)13-18(17)32-23(29)19(20)21(26)28-22/h1,4-7,12-13H,2-3,8-11H2,(H2,26,27,28). The predicted molar refractivity (Wildman–Crippen MR) is 133 cm³/mol. The number of hydrogen-bond acceptors (Lipinski definition) is 7. The van der Waals surface area contributed by atoms with Gasteiger partial charge in [0.05, 0.1) is 18.7 Å². The lowest BCUT2D eigenvalue weighted by Crippen LogP contribution is -2.08. The van der Waals surface area contributed by atoms with Crippen LogP contribution in [0.4, 0.5) is 5.82 Å². The number of aromatic nitrogens is 2. The summed E-state index contributed by atoms with van der Waals surface area (Å²) in [6.07, 6.45) is 1.76. The molecule has 7 nitrogen and oxygen atoms in total. The molecule has 4 aromatic rings. The summed E-state index contributed by atoms with van der Waals surface area (Å²) in [5, 5.41) is 2.55. The number of nitrogens with two attached hydrogens (primary N) is 1. The first-order chi connectivity index (χ1) is 15.6. The fourth-order valence-electron chi connectivity index (χ4n) is 3.24. The van der Waals surface area contributed by atoms with Gasteiger partial charge in [-0.3, -0.25) is 0 Å². The Labute approximate surface area is 201 Å². The summed E-state index contributed by atoms with van der Waals surface area (Å²) in [7, 11) is 0. The first kappa shape index (κ1) is 22.5. The molecule has 0 spiro atoms. The van der Waals surface area contributed by atoms with Crippen molar-refractivity contribution in [3.63, 3.8) is 0 Å². The first-order valence-electron chi connectivity index (χ1n) is 10.1. The van der Waals surface area contributed by atoms with Crippen LogP contribution in [-0.2, 0) is 0 Å². The van der Waals surface area contributed by atoms with Crippen molar-refractivity contribution in [1.82, 2.24) is 9.97 Å². The van der Waals surface area contributed by atoms with Gasteiger partial charge in [-0.25, -0.2) is 14.8 Å². The number of ether oxygens (including phenoxy) is 2. The second-order valence-corrected chi connectivity index (χ2v) is 8.60. The van der Waals surface area contributed by atoms with E-state index in [9.17, 15) is 4.79 Å². The summed E-state index contributed by atoms with van der Waals surface area (Å²) in [4.78, 5) is 21.7. The molecule has 0 amide bonds. The minimum absolute atomic E-state index is 0.0731. The van der Waals surface area contributed by atoms with Crippen LogP contribution in [0.25, 0.3) is 33.3 Å². The van der Waals surface area contributed by atoms with E-state index < -0.39 is 5.63 Å². The maximum Gasteiger partial charge on any atom is 0.349 e. The van der Waals surface area contributed by atoms with Gasteiger partial charge in [-0.1, -0.05) is 44.0 Å². The highest BCUT2D eigenvalue weighted by molar-refractivity contribution is 9.09. The third-order valence-corrected chi connectivity index (χ3v) is 5.86. The molecule has 2 N–H and O–H groups in total. The smallest absolute Gasteiger partial charge is 0.349 e. The van der Waals surface area contributed by atoms with Gasteiger partial charge in [0.25, 0.3) is 0 Å². The van der Waals surface area contributed by atoms with Gasteiger partial charge in [0.2, 0.25) is 0 Å². The molecule has 0 saturated carbocycles. The number of halogens is 2. The number of anilines is 1. The van der Waals surface area contributed by atoms with Crippen LogP contribution in [0.5, 0.6) is 11.5 Å². The average Bonchev–Trinajstić information content (AvgIpc) is 2.79. The minimum Gasteiger partial charge on any atom is -0.494 e. The number of rotatable bonds is 9. The highest BCUT2D eigenvalue weighted by Crippen LogP contribution is 2.30. The summed E-state index contributed by atoms with van der Waals surface area (Å²) in [6.45, 7) is 1.16. The lowest BCUT2D eigenvalue weighted by Gasteiger charge is -2.10. The Morgan fingerprint density at radius 1 is 0.938 bits per heavy atom. The van der Waals surface area contributed by atoms with Gasteiger partial charge in [-0.05, 0) is 37.1 Å². The molecule has 0 fully saturated rings. The van der Waals surface area contributed by atoms with Gasteiger partial charge in [0.1, 0.15) is 28.3 Å². The van der Waals surface area contributed by atoms with Crippen LogP contribution >= 0.6 is 31.9 Å². The molecule has 0 bridgehead atoms. The second kappa shape index (κ2) is 10.3. The molecule has 0 unspecified atom stereocenters. The van der Waals surface area contributed by atoms with E-state index in [0.29, 0.717) is 47.0 Å². The van der Waals surface area contributed by atoms with Crippen LogP contribution in [0.15, 0.2) is 51.7 Å². The zero-order valence-electron chi connectivity index (χ0n) is 17.1. The number of nitrogens with zero attached hydrogens (tertiary/aromatic N) is 2. The molecule has 4 rings (SSSR count). The summed E-state index contributed by atoms with van der Waals surface area (Å²) in [5.74, 6) is 1.82. The van der Waals surface area contributed by atoms with E-state index in [0.717, 1.165) is 29.1 Å². The van der Waals surface area contributed by atoms with Crippen molar-refractivity contribution >= 4 is 59.5 Å². The van der Waals surface area contributed by atoms with Gasteiger partial charge in [-0.15, -0.1) is 0 Å². The number of fused-ring (bicyclic) bond motifs is 3. The average molecular weight is 563 g/mol. The fraction of sp³-hybridized carbons (Fsp3) is 0.261. The third kappa shape index (κ3) is 4.88. The number of hydrogen-bond donors (Lipinski definition) is 1. The van der Waals surface area contributed by atoms with E-state index in [1.165, 1.54) is 0 Å². The third-order valence-electron chi connectivity index (χ3n) is 4.74. The zero-order chi connectivity index (χ0) is 22.5. The molecule has 0 aliphatic heterocycles. The minimum atomic E-state index is -0.582. The van der Waals surface area contributed by atoms with E-state index in [1.54, 1.807) is 6.07 Å². The van der Waals surface area contributed by atoms with E-state index >= 15 is 0 Å². The Morgan fingerprint density at radius 3 is 2.38 bits per heavy atom. The largest absolute Gasteiger partial charge is 0.494 e. The van der Waals surface area contributed by atoms with Gasteiger partial charge in [0.15, 0.2) is 5.82 Å². The summed E-state index contributed by atoms with van der Waals surface area (Å²) < 4.78 is 17.0. The highest BCUT2D eigenvalue weighted by Gasteiger charge is 2.16. The molecule has 0 atom stereocenters. The van der Waals surface area contributed by atoms with E-state index in [4.69, 9.17) is 19.6 Å². The van der Waals surface area contributed by atoms with Crippen LogP contribution in [0.3, 0.4) is 0 Å². The number of alkyl halides is 2. The fourth-order valence-corrected chi connectivity index (χ4v) is 3.70. The maximum atomic E-state index is 12.6. The molecule has 2 aromatic heterocycles. The number of benzene rings is 2. The predicted octanol–water partition coefficient (Wildman–Crippen LogP) is 5.31. The molecular weight excluding hydrogens is 542 g/mol. The normalized spacial score (nSPS) is 11.2. The SMILES string of the molecule is Nc1nc(-c2cccc(OCCCBr)c2)nc2c1c(=O)oc1cc(OCCCBr)ccc12. The van der Waals surface area contributed by atoms with Crippen LogP contribution in [0.1, 0.15) is 12.8 Å². The molecular formula is C23H21Br2N3O4. The van der Waals surface area contributed by atoms with Crippen LogP contribution in [0, 0.1) is 0 Å². The van der Waals surface area contributed by atoms with Crippen molar-refractivity contribution in [2.45, 2.75) is 12.8 Å². The van der Waals surface area contributed by atoms with Crippen molar-refractivity contribution in [3.8, 4) is 22.9 Å². The van der Waals surface area contributed by atoms with Crippen molar-refractivity contribution in [3.05, 3.63) is 52.9 Å². The van der Waals surface area contributed by atoms with Crippen LogP contribution in [-0.4, -0.2) is 33.8 Å². The van der Waals surface area contributed by atoms with Crippen molar-refractivity contribution in [2.24, 2.45) is 0 Å². The summed E-state index contributed by atoms with van der Waals surface area (Å²) in [5.41, 5.74) is 7.14. The quantitative estimate of drug-likeness (QED) is 0.128. The maximum absolute atomic E-state index is 12.6. The Hall–Kier alpha value is -2.65. The number of nitrogen functional groups attached to an aromatic ring is 1. The molecule has 0 saturated heterocycles. The van der Waals surface area contributed by atoms with Crippen LogP contribution in [0.2, 0.25) is 0 Å². The topological polar surface area (TPSA) is 100 Å². The Bertz CT molecular complexity index is 1310. The second-order valence-electron chi connectivity index (χ2n) is 7.01. The molecule has 0 aliphatic carbocycles. The lowest BCUT2D eigenvalue weighted by molar-refractivity contribution is 0.319.